The second-order valence-electron chi connectivity index (χ2n) is 6.97. The monoisotopic (exact) mass is 433 g/mol. The number of hydrogen-bond donors (Lipinski definition) is 1. The third-order valence-corrected chi connectivity index (χ3v) is 4.99. The molecule has 31 heavy (non-hydrogen) atoms. The molecule has 4 nitrogen and oxygen atoms in total. The first kappa shape index (κ1) is 22.3. The maximum atomic E-state index is 13.1. The lowest BCUT2D eigenvalue weighted by Crippen LogP contribution is -2.14. The summed E-state index contributed by atoms with van der Waals surface area (Å²) in [5.41, 5.74) is 3.04. The first-order valence-electron chi connectivity index (χ1n) is 10.2. The molecule has 0 aromatic heterocycles. The van der Waals surface area contributed by atoms with Crippen LogP contribution in [-0.4, -0.2) is 18.5 Å². The van der Waals surface area contributed by atoms with Crippen LogP contribution in [0.25, 0.3) is 11.6 Å². The normalized spacial score (nSPS) is 11.1. The molecule has 1 amide bonds. The molecule has 3 aromatic rings. The lowest BCUT2D eigenvalue weighted by molar-refractivity contribution is -0.111. The Labute approximate surface area is 187 Å². The molecule has 0 unspecified atom stereocenters. The van der Waals surface area contributed by atoms with Gasteiger partial charge in [0, 0.05) is 16.3 Å². The van der Waals surface area contributed by atoms with E-state index in [4.69, 9.17) is 16.3 Å². The second-order valence-corrected chi connectivity index (χ2v) is 7.37. The zero-order valence-corrected chi connectivity index (χ0v) is 18.1. The van der Waals surface area contributed by atoms with Gasteiger partial charge in [0.25, 0.3) is 5.91 Å². The minimum atomic E-state index is -0.366. The molecule has 0 aliphatic heterocycles. The van der Waals surface area contributed by atoms with Crippen molar-refractivity contribution < 1.29 is 14.3 Å². The van der Waals surface area contributed by atoms with Gasteiger partial charge in [-0.1, -0.05) is 73.5 Å². The second kappa shape index (κ2) is 11.1. The lowest BCUT2D eigenvalue weighted by atomic mass is 10.0. The van der Waals surface area contributed by atoms with E-state index in [1.807, 2.05) is 55.5 Å². The summed E-state index contributed by atoms with van der Waals surface area (Å²) in [6.07, 6.45) is 3.57. The Morgan fingerprint density at radius 1 is 0.903 bits per heavy atom. The summed E-state index contributed by atoms with van der Waals surface area (Å²) in [5, 5.41) is 3.46. The van der Waals surface area contributed by atoms with Gasteiger partial charge in [-0.05, 0) is 54.0 Å². The maximum Gasteiger partial charge on any atom is 0.338 e. The SMILES string of the molecule is CCCCOC(=O)c1ccc(NC(=O)/C(=C/c2ccccc2Cl)c2ccccc2)cc1. The number of carbonyl (C=O) groups is 2. The van der Waals surface area contributed by atoms with Crippen LogP contribution in [0.15, 0.2) is 78.9 Å². The fourth-order valence-corrected chi connectivity index (χ4v) is 3.12. The number of unbranched alkanes of at least 4 members (excludes halogenated alkanes) is 1. The number of carbonyl (C=O) groups excluding carboxylic acids is 2. The van der Waals surface area contributed by atoms with Crippen molar-refractivity contribution in [2.45, 2.75) is 19.8 Å². The number of anilines is 1. The first-order chi connectivity index (χ1) is 15.1. The predicted molar refractivity (Wildman–Crippen MR) is 126 cm³/mol. The first-order valence-corrected chi connectivity index (χ1v) is 10.6. The van der Waals surface area contributed by atoms with E-state index in [-0.39, 0.29) is 11.9 Å². The molecule has 0 aliphatic carbocycles. The van der Waals surface area contributed by atoms with E-state index in [0.29, 0.717) is 28.5 Å². The number of halogens is 1. The Balaban J connectivity index is 1.80. The highest BCUT2D eigenvalue weighted by Crippen LogP contribution is 2.24. The van der Waals surface area contributed by atoms with Crippen LogP contribution in [0, 0.1) is 0 Å². The van der Waals surface area contributed by atoms with Crippen molar-refractivity contribution >= 4 is 40.8 Å². The standard InChI is InChI=1S/C26H24ClNO3/c1-2-3-17-31-26(30)20-13-15-22(16-14-20)28-25(29)23(19-9-5-4-6-10-19)18-21-11-7-8-12-24(21)27/h4-16,18H,2-3,17H2,1H3,(H,28,29)/b23-18+. The molecule has 0 radical (unpaired) electrons. The fourth-order valence-electron chi connectivity index (χ4n) is 2.93. The fraction of sp³-hybridized carbons (Fsp3) is 0.154. The number of ether oxygens (including phenoxy) is 1. The number of amides is 1. The van der Waals surface area contributed by atoms with Crippen LogP contribution in [0.2, 0.25) is 5.02 Å². The van der Waals surface area contributed by atoms with Crippen LogP contribution in [0.4, 0.5) is 5.69 Å². The molecule has 0 spiro atoms. The summed E-state index contributed by atoms with van der Waals surface area (Å²) in [4.78, 5) is 25.2. The highest BCUT2D eigenvalue weighted by Gasteiger charge is 2.14. The molecule has 3 aromatic carbocycles. The van der Waals surface area contributed by atoms with Gasteiger partial charge in [-0.25, -0.2) is 4.79 Å². The Bertz CT molecular complexity index is 1060. The Kier molecular flexibility index (Phi) is 8.02. The van der Waals surface area contributed by atoms with Crippen molar-refractivity contribution in [3.63, 3.8) is 0 Å². The minimum absolute atomic E-state index is 0.274. The van der Waals surface area contributed by atoms with E-state index >= 15 is 0 Å². The summed E-state index contributed by atoms with van der Waals surface area (Å²) >= 11 is 6.29. The van der Waals surface area contributed by atoms with Gasteiger partial charge in [0.05, 0.1) is 12.2 Å². The smallest absolute Gasteiger partial charge is 0.338 e. The van der Waals surface area contributed by atoms with Gasteiger partial charge >= 0.3 is 5.97 Å². The van der Waals surface area contributed by atoms with E-state index in [0.717, 1.165) is 24.0 Å². The van der Waals surface area contributed by atoms with Gasteiger partial charge in [-0.2, -0.15) is 0 Å². The maximum absolute atomic E-state index is 13.1. The van der Waals surface area contributed by atoms with Crippen molar-refractivity contribution in [1.29, 1.82) is 0 Å². The zero-order chi connectivity index (χ0) is 22.1. The molecule has 0 saturated carbocycles. The van der Waals surface area contributed by atoms with E-state index in [2.05, 4.69) is 5.32 Å². The van der Waals surface area contributed by atoms with Gasteiger partial charge in [0.1, 0.15) is 0 Å². The number of nitrogens with one attached hydrogen (secondary N) is 1. The Morgan fingerprint density at radius 2 is 1.58 bits per heavy atom. The van der Waals surface area contributed by atoms with Crippen molar-refractivity contribution in [2.75, 3.05) is 11.9 Å². The molecule has 1 N–H and O–H groups in total. The quantitative estimate of drug-likeness (QED) is 0.191. The number of rotatable bonds is 8. The zero-order valence-electron chi connectivity index (χ0n) is 17.3. The van der Waals surface area contributed by atoms with Crippen LogP contribution in [-0.2, 0) is 9.53 Å². The van der Waals surface area contributed by atoms with Crippen LogP contribution >= 0.6 is 11.6 Å². The highest BCUT2D eigenvalue weighted by molar-refractivity contribution is 6.34. The molecular weight excluding hydrogens is 410 g/mol. The van der Waals surface area contributed by atoms with E-state index in [9.17, 15) is 9.59 Å². The van der Waals surface area contributed by atoms with Crippen LogP contribution in [0.5, 0.6) is 0 Å². The molecule has 0 heterocycles. The van der Waals surface area contributed by atoms with E-state index < -0.39 is 0 Å². The summed E-state index contributed by atoms with van der Waals surface area (Å²) in [6, 6.07) is 23.4. The summed E-state index contributed by atoms with van der Waals surface area (Å²) in [5.74, 6) is -0.640. The van der Waals surface area contributed by atoms with Crippen molar-refractivity contribution in [3.05, 3.63) is 101 Å². The van der Waals surface area contributed by atoms with E-state index in [1.165, 1.54) is 0 Å². The van der Waals surface area contributed by atoms with Gasteiger partial charge in [0.15, 0.2) is 0 Å². The van der Waals surface area contributed by atoms with Crippen LogP contribution in [0.1, 0.15) is 41.3 Å². The molecule has 158 valence electrons. The van der Waals surface area contributed by atoms with Crippen LogP contribution in [0.3, 0.4) is 0 Å². The molecular formula is C26H24ClNO3. The number of benzene rings is 3. The van der Waals surface area contributed by atoms with Gasteiger partial charge in [-0.15, -0.1) is 0 Å². The molecule has 5 heteroatoms. The third-order valence-electron chi connectivity index (χ3n) is 4.64. The van der Waals surface area contributed by atoms with Crippen molar-refractivity contribution in [3.8, 4) is 0 Å². The number of esters is 1. The minimum Gasteiger partial charge on any atom is -0.462 e. The Morgan fingerprint density at radius 3 is 2.26 bits per heavy atom. The van der Waals surface area contributed by atoms with Crippen LogP contribution < -0.4 is 5.32 Å². The molecule has 0 atom stereocenters. The molecule has 0 fully saturated rings. The molecule has 0 bridgehead atoms. The average molecular weight is 434 g/mol. The highest BCUT2D eigenvalue weighted by atomic mass is 35.5. The molecule has 0 aliphatic rings. The van der Waals surface area contributed by atoms with Crippen molar-refractivity contribution in [2.24, 2.45) is 0 Å². The topological polar surface area (TPSA) is 55.4 Å². The van der Waals surface area contributed by atoms with Gasteiger partial charge < -0.3 is 10.1 Å². The summed E-state index contributed by atoms with van der Waals surface area (Å²) in [6.45, 7) is 2.44. The van der Waals surface area contributed by atoms with Crippen molar-refractivity contribution in [1.82, 2.24) is 0 Å². The lowest BCUT2D eigenvalue weighted by Gasteiger charge is -2.11. The Hall–Kier alpha value is -3.37. The van der Waals surface area contributed by atoms with Gasteiger partial charge in [0.2, 0.25) is 0 Å². The largest absolute Gasteiger partial charge is 0.462 e. The van der Waals surface area contributed by atoms with E-state index in [1.54, 1.807) is 36.4 Å². The summed E-state index contributed by atoms with van der Waals surface area (Å²) < 4.78 is 5.22. The third kappa shape index (κ3) is 6.30. The molecule has 0 saturated heterocycles. The number of hydrogen-bond acceptors (Lipinski definition) is 3. The average Bonchev–Trinajstić information content (AvgIpc) is 2.79. The molecule has 3 rings (SSSR count). The summed E-state index contributed by atoms with van der Waals surface area (Å²) in [7, 11) is 0. The predicted octanol–water partition coefficient (Wildman–Crippen LogP) is 6.48. The van der Waals surface area contributed by atoms with Gasteiger partial charge in [-0.3, -0.25) is 4.79 Å².